The number of aryl methyl sites for hydroxylation is 1. The molecular formula is C19H26Cl3NO3. The molecule has 0 aliphatic heterocycles. The van der Waals surface area contributed by atoms with E-state index in [1.165, 1.54) is 0 Å². The standard InChI is InChI=1S/C19H26Cl3NO3/c1-14-11-15(24-10-7-17(21)22)12-16(20)18(14)25-8-5-6-9-26-23-13-19(2,3)4/h7,11-13H,5-6,8-10H2,1-4H3/b23-13+. The summed E-state index contributed by atoms with van der Waals surface area (Å²) >= 11 is 17.4. The molecule has 26 heavy (non-hydrogen) atoms. The fraction of sp³-hybridized carbons (Fsp3) is 0.526. The molecule has 0 bridgehead atoms. The summed E-state index contributed by atoms with van der Waals surface area (Å²) in [5.41, 5.74) is 0.930. The van der Waals surface area contributed by atoms with E-state index in [2.05, 4.69) is 25.9 Å². The van der Waals surface area contributed by atoms with Gasteiger partial charge < -0.3 is 14.3 Å². The van der Waals surface area contributed by atoms with Crippen LogP contribution in [0.2, 0.25) is 5.02 Å². The van der Waals surface area contributed by atoms with Gasteiger partial charge in [-0.15, -0.1) is 0 Å². The average molecular weight is 423 g/mol. The van der Waals surface area contributed by atoms with Gasteiger partial charge in [-0.1, -0.05) is 60.7 Å². The first kappa shape index (κ1) is 22.9. The Morgan fingerprint density at radius 2 is 1.81 bits per heavy atom. The fourth-order valence-corrected chi connectivity index (χ4v) is 2.29. The predicted molar refractivity (Wildman–Crippen MR) is 110 cm³/mol. The molecular weight excluding hydrogens is 397 g/mol. The number of benzene rings is 1. The normalized spacial score (nSPS) is 11.5. The van der Waals surface area contributed by atoms with Crippen molar-refractivity contribution in [1.82, 2.24) is 0 Å². The maximum Gasteiger partial charge on any atom is 0.141 e. The highest BCUT2D eigenvalue weighted by Gasteiger charge is 2.09. The highest BCUT2D eigenvalue weighted by Crippen LogP contribution is 2.33. The van der Waals surface area contributed by atoms with Crippen LogP contribution < -0.4 is 9.47 Å². The molecule has 0 spiro atoms. The maximum atomic E-state index is 6.28. The monoisotopic (exact) mass is 421 g/mol. The summed E-state index contributed by atoms with van der Waals surface area (Å²) < 4.78 is 11.5. The molecule has 0 aliphatic rings. The van der Waals surface area contributed by atoms with E-state index in [9.17, 15) is 0 Å². The van der Waals surface area contributed by atoms with Crippen molar-refractivity contribution in [3.8, 4) is 11.5 Å². The van der Waals surface area contributed by atoms with Crippen molar-refractivity contribution in [1.29, 1.82) is 0 Å². The zero-order chi connectivity index (χ0) is 19.6. The number of hydrogen-bond donors (Lipinski definition) is 0. The van der Waals surface area contributed by atoms with Gasteiger partial charge in [-0.25, -0.2) is 0 Å². The van der Waals surface area contributed by atoms with Gasteiger partial charge in [0.1, 0.15) is 29.2 Å². The summed E-state index contributed by atoms with van der Waals surface area (Å²) in [4.78, 5) is 5.23. The maximum absolute atomic E-state index is 6.28. The third-order valence-corrected chi connectivity index (χ3v) is 3.67. The van der Waals surface area contributed by atoms with Crippen LogP contribution in [0.3, 0.4) is 0 Å². The molecule has 0 saturated carbocycles. The molecule has 0 fully saturated rings. The molecule has 0 saturated heterocycles. The van der Waals surface area contributed by atoms with E-state index in [-0.39, 0.29) is 16.5 Å². The van der Waals surface area contributed by atoms with E-state index in [4.69, 9.17) is 49.1 Å². The number of hydrogen-bond acceptors (Lipinski definition) is 4. The number of ether oxygens (including phenoxy) is 2. The number of rotatable bonds is 10. The molecule has 7 heteroatoms. The zero-order valence-electron chi connectivity index (χ0n) is 15.7. The molecule has 0 unspecified atom stereocenters. The minimum Gasteiger partial charge on any atom is -0.492 e. The summed E-state index contributed by atoms with van der Waals surface area (Å²) in [6.45, 7) is 9.52. The quantitative estimate of drug-likeness (QED) is 0.244. The van der Waals surface area contributed by atoms with E-state index in [1.807, 2.05) is 13.0 Å². The lowest BCUT2D eigenvalue weighted by molar-refractivity contribution is 0.134. The van der Waals surface area contributed by atoms with Crippen LogP contribution in [0.5, 0.6) is 11.5 Å². The summed E-state index contributed by atoms with van der Waals surface area (Å²) in [5, 5.41) is 4.46. The van der Waals surface area contributed by atoms with Crippen LogP contribution in [-0.2, 0) is 4.84 Å². The molecule has 4 nitrogen and oxygen atoms in total. The molecule has 0 atom stereocenters. The van der Waals surface area contributed by atoms with Gasteiger partial charge in [0, 0.05) is 17.7 Å². The van der Waals surface area contributed by atoms with Gasteiger partial charge in [0.05, 0.1) is 11.6 Å². The number of nitrogens with zero attached hydrogens (tertiary/aromatic N) is 1. The fourth-order valence-electron chi connectivity index (χ4n) is 1.86. The molecule has 1 rings (SSSR count). The molecule has 146 valence electrons. The van der Waals surface area contributed by atoms with Crippen molar-refractivity contribution in [2.24, 2.45) is 10.6 Å². The van der Waals surface area contributed by atoms with Crippen molar-refractivity contribution < 1.29 is 14.3 Å². The van der Waals surface area contributed by atoms with Gasteiger partial charge in [-0.05, 0) is 37.5 Å². The van der Waals surface area contributed by atoms with Crippen molar-refractivity contribution >= 4 is 41.0 Å². The summed E-state index contributed by atoms with van der Waals surface area (Å²) in [6.07, 6.45) is 5.06. The van der Waals surface area contributed by atoms with Gasteiger partial charge in [0.2, 0.25) is 0 Å². The van der Waals surface area contributed by atoms with Crippen LogP contribution in [-0.4, -0.2) is 26.0 Å². The average Bonchev–Trinajstić information content (AvgIpc) is 2.50. The van der Waals surface area contributed by atoms with Gasteiger partial charge in [0.25, 0.3) is 0 Å². The molecule has 0 heterocycles. The van der Waals surface area contributed by atoms with Crippen molar-refractivity contribution in [3.05, 3.63) is 33.3 Å². The van der Waals surface area contributed by atoms with E-state index in [0.29, 0.717) is 29.7 Å². The topological polar surface area (TPSA) is 40.0 Å². The second-order valence-corrected chi connectivity index (χ2v) is 8.26. The van der Waals surface area contributed by atoms with Crippen LogP contribution in [0.1, 0.15) is 39.2 Å². The second-order valence-electron chi connectivity index (χ2n) is 6.85. The molecule has 0 aliphatic carbocycles. The van der Waals surface area contributed by atoms with E-state index in [1.54, 1.807) is 18.4 Å². The van der Waals surface area contributed by atoms with E-state index in [0.717, 1.165) is 18.4 Å². The van der Waals surface area contributed by atoms with Gasteiger partial charge in [-0.2, -0.15) is 0 Å². The lowest BCUT2D eigenvalue weighted by Crippen LogP contribution is -2.07. The van der Waals surface area contributed by atoms with Gasteiger partial charge in [0.15, 0.2) is 0 Å². The Morgan fingerprint density at radius 1 is 1.12 bits per heavy atom. The minimum atomic E-state index is 0.0276. The molecule has 0 radical (unpaired) electrons. The number of oxime groups is 1. The zero-order valence-corrected chi connectivity index (χ0v) is 17.9. The summed E-state index contributed by atoms with van der Waals surface area (Å²) in [5.74, 6) is 1.30. The Kier molecular flexibility index (Phi) is 10.2. The first-order valence-electron chi connectivity index (χ1n) is 8.42. The lowest BCUT2D eigenvalue weighted by Gasteiger charge is -2.13. The van der Waals surface area contributed by atoms with Crippen LogP contribution in [0.15, 0.2) is 27.9 Å². The Morgan fingerprint density at radius 3 is 2.42 bits per heavy atom. The SMILES string of the molecule is Cc1cc(OCC=C(Cl)Cl)cc(Cl)c1OCCCCO/N=C/C(C)(C)C. The van der Waals surface area contributed by atoms with Crippen molar-refractivity contribution in [3.63, 3.8) is 0 Å². The molecule has 1 aromatic rings. The first-order valence-corrected chi connectivity index (χ1v) is 9.56. The van der Waals surface area contributed by atoms with Gasteiger partial charge in [-0.3, -0.25) is 0 Å². The molecule has 0 N–H and O–H groups in total. The second kappa shape index (κ2) is 11.6. The number of halogens is 3. The lowest BCUT2D eigenvalue weighted by atomic mass is 10.00. The van der Waals surface area contributed by atoms with Crippen LogP contribution in [0.25, 0.3) is 0 Å². The Balaban J connectivity index is 2.36. The highest BCUT2D eigenvalue weighted by atomic mass is 35.5. The molecule has 1 aromatic carbocycles. The predicted octanol–water partition coefficient (Wildman–Crippen LogP) is 6.55. The minimum absolute atomic E-state index is 0.0276. The molecule has 0 amide bonds. The highest BCUT2D eigenvalue weighted by molar-refractivity contribution is 6.55. The van der Waals surface area contributed by atoms with Crippen molar-refractivity contribution in [2.75, 3.05) is 19.8 Å². The third-order valence-electron chi connectivity index (χ3n) is 3.08. The third kappa shape index (κ3) is 10.1. The number of unbranched alkanes of at least 4 members (excludes halogenated alkanes) is 1. The van der Waals surface area contributed by atoms with Crippen molar-refractivity contribution in [2.45, 2.75) is 40.5 Å². The van der Waals surface area contributed by atoms with Crippen LogP contribution in [0, 0.1) is 12.3 Å². The van der Waals surface area contributed by atoms with Crippen LogP contribution >= 0.6 is 34.8 Å². The summed E-state index contributed by atoms with van der Waals surface area (Å²) in [6, 6.07) is 3.58. The van der Waals surface area contributed by atoms with Crippen LogP contribution in [0.4, 0.5) is 0 Å². The first-order chi connectivity index (χ1) is 12.2. The van der Waals surface area contributed by atoms with E-state index >= 15 is 0 Å². The Bertz CT molecular complexity index is 598. The van der Waals surface area contributed by atoms with E-state index < -0.39 is 0 Å². The Labute approximate surface area is 171 Å². The largest absolute Gasteiger partial charge is 0.492 e. The Hall–Kier alpha value is -1.10. The smallest absolute Gasteiger partial charge is 0.141 e. The van der Waals surface area contributed by atoms with Gasteiger partial charge >= 0.3 is 0 Å². The molecule has 0 aromatic heterocycles. The summed E-state index contributed by atoms with van der Waals surface area (Å²) in [7, 11) is 0.